The molecule has 0 amide bonds. The highest BCUT2D eigenvalue weighted by Crippen LogP contribution is 2.29. The monoisotopic (exact) mass is 322 g/mol. The fourth-order valence-electron chi connectivity index (χ4n) is 2.47. The SMILES string of the molecule is CCc1nn(C)c2c1[nH]c(=S)n2-c1cc(OC)ccc1Cl. The lowest BCUT2D eigenvalue weighted by Gasteiger charge is -2.09. The van der Waals surface area contributed by atoms with E-state index in [1.54, 1.807) is 13.2 Å². The van der Waals surface area contributed by atoms with Crippen LogP contribution in [-0.4, -0.2) is 26.4 Å². The Labute approximate surface area is 132 Å². The lowest BCUT2D eigenvalue weighted by Crippen LogP contribution is -2.02. The van der Waals surface area contributed by atoms with Crippen LogP contribution in [0.25, 0.3) is 16.9 Å². The molecule has 0 saturated carbocycles. The molecule has 3 aromatic rings. The van der Waals surface area contributed by atoms with Crippen LogP contribution in [-0.2, 0) is 13.5 Å². The molecule has 2 aromatic heterocycles. The van der Waals surface area contributed by atoms with Crippen LogP contribution in [0.5, 0.6) is 5.75 Å². The van der Waals surface area contributed by atoms with Crippen molar-refractivity contribution in [2.24, 2.45) is 7.05 Å². The molecule has 110 valence electrons. The number of fused-ring (bicyclic) bond motifs is 1. The van der Waals surface area contributed by atoms with Crippen LogP contribution in [0.1, 0.15) is 12.6 Å². The molecule has 0 fully saturated rings. The first kappa shape index (κ1) is 14.2. The van der Waals surface area contributed by atoms with E-state index in [0.717, 1.165) is 34.7 Å². The minimum absolute atomic E-state index is 0.586. The van der Waals surface area contributed by atoms with Gasteiger partial charge in [0.1, 0.15) is 11.3 Å². The average molecular weight is 323 g/mol. The Bertz CT molecular complexity index is 877. The number of H-pyrrole nitrogens is 1. The zero-order chi connectivity index (χ0) is 15.1. The Morgan fingerprint density at radius 1 is 1.43 bits per heavy atom. The van der Waals surface area contributed by atoms with Crippen molar-refractivity contribution in [1.29, 1.82) is 0 Å². The van der Waals surface area contributed by atoms with Gasteiger partial charge in [0.25, 0.3) is 0 Å². The third-order valence-corrected chi connectivity index (χ3v) is 4.07. The summed E-state index contributed by atoms with van der Waals surface area (Å²) in [6, 6.07) is 5.48. The average Bonchev–Trinajstić information content (AvgIpc) is 2.96. The van der Waals surface area contributed by atoms with E-state index in [-0.39, 0.29) is 0 Å². The fourth-order valence-corrected chi connectivity index (χ4v) is 2.96. The molecule has 1 N–H and O–H groups in total. The molecule has 0 unspecified atom stereocenters. The zero-order valence-electron chi connectivity index (χ0n) is 12.0. The summed E-state index contributed by atoms with van der Waals surface area (Å²) in [7, 11) is 3.52. The quantitative estimate of drug-likeness (QED) is 0.749. The second kappa shape index (κ2) is 5.20. The maximum atomic E-state index is 6.34. The van der Waals surface area contributed by atoms with Gasteiger partial charge in [0.2, 0.25) is 0 Å². The molecular formula is C14H15ClN4OS. The van der Waals surface area contributed by atoms with Crippen molar-refractivity contribution in [3.63, 3.8) is 0 Å². The van der Waals surface area contributed by atoms with E-state index in [4.69, 9.17) is 28.6 Å². The second-order valence-electron chi connectivity index (χ2n) is 4.71. The highest BCUT2D eigenvalue weighted by atomic mass is 35.5. The molecule has 0 radical (unpaired) electrons. The first-order valence-corrected chi connectivity index (χ1v) is 7.36. The van der Waals surface area contributed by atoms with Crippen molar-refractivity contribution >= 4 is 35.0 Å². The molecule has 0 saturated heterocycles. The van der Waals surface area contributed by atoms with Gasteiger partial charge in [0.05, 0.1) is 23.5 Å². The molecule has 0 aliphatic rings. The molecule has 2 heterocycles. The van der Waals surface area contributed by atoms with Gasteiger partial charge in [-0.15, -0.1) is 0 Å². The highest BCUT2D eigenvalue weighted by Gasteiger charge is 2.17. The van der Waals surface area contributed by atoms with E-state index < -0.39 is 0 Å². The number of hydrogen-bond acceptors (Lipinski definition) is 3. The minimum atomic E-state index is 0.586. The van der Waals surface area contributed by atoms with Crippen LogP contribution in [0, 0.1) is 4.77 Å². The van der Waals surface area contributed by atoms with Gasteiger partial charge in [-0.25, -0.2) is 4.68 Å². The number of rotatable bonds is 3. The van der Waals surface area contributed by atoms with Crippen LogP contribution in [0.2, 0.25) is 5.02 Å². The number of imidazole rings is 1. The first-order valence-electron chi connectivity index (χ1n) is 6.57. The Hall–Kier alpha value is -1.79. The summed E-state index contributed by atoms with van der Waals surface area (Å²) in [5, 5.41) is 5.12. The predicted molar refractivity (Wildman–Crippen MR) is 86.2 cm³/mol. The maximum Gasteiger partial charge on any atom is 0.184 e. The van der Waals surface area contributed by atoms with E-state index in [1.807, 2.05) is 28.4 Å². The highest BCUT2D eigenvalue weighted by molar-refractivity contribution is 7.71. The molecule has 0 aliphatic carbocycles. The number of hydrogen-bond donors (Lipinski definition) is 1. The van der Waals surface area contributed by atoms with E-state index in [2.05, 4.69) is 17.0 Å². The molecule has 0 aliphatic heterocycles. The van der Waals surface area contributed by atoms with Gasteiger partial charge >= 0.3 is 0 Å². The summed E-state index contributed by atoms with van der Waals surface area (Å²) >= 11 is 11.8. The van der Waals surface area contributed by atoms with Crippen molar-refractivity contribution in [2.75, 3.05) is 7.11 Å². The van der Waals surface area contributed by atoms with Gasteiger partial charge < -0.3 is 9.72 Å². The molecule has 21 heavy (non-hydrogen) atoms. The van der Waals surface area contributed by atoms with Gasteiger partial charge in [-0.3, -0.25) is 4.57 Å². The predicted octanol–water partition coefficient (Wildman–Crippen LogP) is 3.65. The Morgan fingerprint density at radius 3 is 2.86 bits per heavy atom. The third kappa shape index (κ3) is 2.15. The van der Waals surface area contributed by atoms with Crippen LogP contribution in [0.15, 0.2) is 18.2 Å². The van der Waals surface area contributed by atoms with Crippen molar-refractivity contribution in [3.05, 3.63) is 33.7 Å². The third-order valence-electron chi connectivity index (χ3n) is 3.47. The minimum Gasteiger partial charge on any atom is -0.497 e. The zero-order valence-corrected chi connectivity index (χ0v) is 13.5. The number of ether oxygens (including phenoxy) is 1. The number of aromatic nitrogens is 4. The Kier molecular flexibility index (Phi) is 3.51. The molecule has 0 atom stereocenters. The topological polar surface area (TPSA) is 47.8 Å². The molecule has 7 heteroatoms. The summed E-state index contributed by atoms with van der Waals surface area (Å²) in [5.74, 6) is 0.725. The van der Waals surface area contributed by atoms with Crippen LogP contribution >= 0.6 is 23.8 Å². The largest absolute Gasteiger partial charge is 0.497 e. The van der Waals surface area contributed by atoms with Gasteiger partial charge in [-0.2, -0.15) is 5.10 Å². The van der Waals surface area contributed by atoms with E-state index >= 15 is 0 Å². The number of nitrogens with zero attached hydrogens (tertiary/aromatic N) is 3. The number of nitrogens with one attached hydrogen (secondary N) is 1. The summed E-state index contributed by atoms with van der Waals surface area (Å²) in [4.78, 5) is 3.23. The number of aromatic amines is 1. The van der Waals surface area contributed by atoms with E-state index in [1.165, 1.54) is 0 Å². The van der Waals surface area contributed by atoms with Crippen molar-refractivity contribution in [2.45, 2.75) is 13.3 Å². The molecule has 5 nitrogen and oxygen atoms in total. The van der Waals surface area contributed by atoms with Crippen LogP contribution < -0.4 is 4.74 Å². The van der Waals surface area contributed by atoms with Crippen molar-refractivity contribution in [1.82, 2.24) is 19.3 Å². The Balaban J connectivity index is 2.38. The summed E-state index contributed by atoms with van der Waals surface area (Å²) < 4.78 is 9.57. The Morgan fingerprint density at radius 2 is 2.19 bits per heavy atom. The van der Waals surface area contributed by atoms with Crippen molar-refractivity contribution < 1.29 is 4.74 Å². The number of benzene rings is 1. The lowest BCUT2D eigenvalue weighted by molar-refractivity contribution is 0.414. The normalized spacial score (nSPS) is 11.2. The van der Waals surface area contributed by atoms with Crippen LogP contribution in [0.4, 0.5) is 0 Å². The summed E-state index contributed by atoms with van der Waals surface area (Å²) in [5.41, 5.74) is 3.60. The summed E-state index contributed by atoms with van der Waals surface area (Å²) in [6.45, 7) is 2.06. The van der Waals surface area contributed by atoms with Gasteiger partial charge in [0.15, 0.2) is 10.4 Å². The molecular weight excluding hydrogens is 308 g/mol. The lowest BCUT2D eigenvalue weighted by atomic mass is 10.3. The standard InChI is InChI=1S/C14H15ClN4OS/c1-4-10-12-13(18(2)17-10)19(14(21)16-12)11-7-8(20-3)5-6-9(11)15/h5-7H,4H2,1-3H3,(H,16,21). The first-order chi connectivity index (χ1) is 10.1. The fraction of sp³-hybridized carbons (Fsp3) is 0.286. The van der Waals surface area contributed by atoms with Crippen molar-refractivity contribution in [3.8, 4) is 11.4 Å². The van der Waals surface area contributed by atoms with Gasteiger partial charge in [-0.1, -0.05) is 18.5 Å². The molecule has 1 aromatic carbocycles. The molecule has 0 spiro atoms. The summed E-state index contributed by atoms with van der Waals surface area (Å²) in [6.07, 6.45) is 0.832. The van der Waals surface area contributed by atoms with E-state index in [9.17, 15) is 0 Å². The second-order valence-corrected chi connectivity index (χ2v) is 5.50. The molecule has 3 rings (SSSR count). The number of aryl methyl sites for hydroxylation is 2. The van der Waals surface area contributed by atoms with Gasteiger partial charge in [-0.05, 0) is 30.8 Å². The van der Waals surface area contributed by atoms with Crippen LogP contribution in [0.3, 0.4) is 0 Å². The number of methoxy groups -OCH3 is 1. The van der Waals surface area contributed by atoms with Gasteiger partial charge in [0, 0.05) is 13.1 Å². The molecule has 0 bridgehead atoms. The number of halogens is 1. The van der Waals surface area contributed by atoms with E-state index in [0.29, 0.717) is 9.79 Å². The smallest absolute Gasteiger partial charge is 0.184 e. The maximum absolute atomic E-state index is 6.34.